The molecule has 0 unspecified atom stereocenters. The monoisotopic (exact) mass is 412 g/mol. The third-order valence-corrected chi connectivity index (χ3v) is 5.33. The highest BCUT2D eigenvalue weighted by atomic mass is 19.1. The Morgan fingerprint density at radius 2 is 1.67 bits per heavy atom. The fraction of sp³-hybridized carbons (Fsp3) is 0.318. The van der Waals surface area contributed by atoms with Crippen molar-refractivity contribution in [3.05, 3.63) is 70.0 Å². The summed E-state index contributed by atoms with van der Waals surface area (Å²) in [6, 6.07) is 10.9. The second-order valence-electron chi connectivity index (χ2n) is 7.26. The van der Waals surface area contributed by atoms with Crippen molar-refractivity contribution in [1.29, 1.82) is 0 Å². The molecule has 1 amide bonds. The number of carbonyl (C=O) groups is 1. The highest BCUT2D eigenvalue weighted by Crippen LogP contribution is 2.19. The molecule has 30 heavy (non-hydrogen) atoms. The van der Waals surface area contributed by atoms with Crippen LogP contribution in [-0.4, -0.2) is 46.5 Å². The zero-order valence-corrected chi connectivity index (χ0v) is 16.6. The summed E-state index contributed by atoms with van der Waals surface area (Å²) in [5.41, 5.74) is 0.806. The van der Waals surface area contributed by atoms with E-state index in [2.05, 4.69) is 4.98 Å². The fourth-order valence-electron chi connectivity index (χ4n) is 3.81. The third kappa shape index (κ3) is 3.53. The van der Waals surface area contributed by atoms with Gasteiger partial charge in [0.1, 0.15) is 17.2 Å². The maximum Gasteiger partial charge on any atom is 0.294 e. The highest BCUT2D eigenvalue weighted by Gasteiger charge is 2.28. The molecule has 8 heteroatoms. The third-order valence-electron chi connectivity index (χ3n) is 5.33. The normalized spacial score (nSPS) is 14.4. The summed E-state index contributed by atoms with van der Waals surface area (Å²) >= 11 is 0. The van der Waals surface area contributed by atoms with Crippen LogP contribution < -0.4 is 10.5 Å². The molecule has 0 atom stereocenters. The molecule has 1 saturated heterocycles. The summed E-state index contributed by atoms with van der Waals surface area (Å²) in [7, 11) is 0. The van der Waals surface area contributed by atoms with Gasteiger partial charge in [-0.15, -0.1) is 0 Å². The van der Waals surface area contributed by atoms with Gasteiger partial charge in [0.2, 0.25) is 0 Å². The van der Waals surface area contributed by atoms with E-state index in [-0.39, 0.29) is 18.6 Å². The van der Waals surface area contributed by atoms with Crippen molar-refractivity contribution in [2.45, 2.75) is 19.9 Å². The minimum Gasteiger partial charge on any atom is -0.348 e. The quantitative estimate of drug-likeness (QED) is 0.661. The van der Waals surface area contributed by atoms with Gasteiger partial charge in [0.25, 0.3) is 11.5 Å². The number of rotatable bonds is 4. The number of halogens is 2. The molecule has 2 aromatic carbocycles. The molecular weight excluding hydrogens is 390 g/mol. The van der Waals surface area contributed by atoms with Crippen molar-refractivity contribution in [3.63, 3.8) is 0 Å². The van der Waals surface area contributed by atoms with Gasteiger partial charge >= 0.3 is 0 Å². The second-order valence-corrected chi connectivity index (χ2v) is 7.26. The van der Waals surface area contributed by atoms with Gasteiger partial charge in [0.15, 0.2) is 5.82 Å². The number of anilines is 1. The average molecular weight is 412 g/mol. The molecule has 6 nitrogen and oxygen atoms in total. The van der Waals surface area contributed by atoms with Crippen LogP contribution in [-0.2, 0) is 6.54 Å². The number of nitrogens with zero attached hydrogens (tertiary/aromatic N) is 4. The van der Waals surface area contributed by atoms with E-state index in [4.69, 9.17) is 0 Å². The number of aryl methyl sites for hydroxylation is 1. The Bertz CT molecular complexity index is 1130. The van der Waals surface area contributed by atoms with E-state index in [1.165, 1.54) is 11.0 Å². The lowest BCUT2D eigenvalue weighted by Crippen LogP contribution is -2.51. The molecule has 0 bridgehead atoms. The van der Waals surface area contributed by atoms with E-state index in [0.717, 1.165) is 29.6 Å². The lowest BCUT2D eigenvalue weighted by atomic mass is 10.1. The number of aromatic nitrogens is 2. The Hall–Kier alpha value is -3.29. The predicted octanol–water partition coefficient (Wildman–Crippen LogP) is 3.05. The number of para-hydroxylation sites is 2. The summed E-state index contributed by atoms with van der Waals surface area (Å²) in [6.45, 7) is 3.79. The largest absolute Gasteiger partial charge is 0.348 e. The smallest absolute Gasteiger partial charge is 0.294 e. The van der Waals surface area contributed by atoms with Crippen molar-refractivity contribution in [1.82, 2.24) is 14.5 Å². The number of amides is 1. The van der Waals surface area contributed by atoms with Gasteiger partial charge in [0.05, 0.1) is 11.0 Å². The van der Waals surface area contributed by atoms with Crippen LogP contribution in [0.4, 0.5) is 14.6 Å². The SMILES string of the molecule is CCCn1c(=O)c(N2CCN(C(=O)c3c(F)cccc3F)CC2)nc2ccccc21. The first-order valence-electron chi connectivity index (χ1n) is 9.99. The highest BCUT2D eigenvalue weighted by molar-refractivity contribution is 5.95. The zero-order valence-electron chi connectivity index (χ0n) is 16.6. The molecule has 1 aliphatic heterocycles. The van der Waals surface area contributed by atoms with Crippen molar-refractivity contribution in [2.24, 2.45) is 0 Å². The van der Waals surface area contributed by atoms with Crippen LogP contribution in [0.5, 0.6) is 0 Å². The van der Waals surface area contributed by atoms with Gasteiger partial charge < -0.3 is 14.4 Å². The van der Waals surface area contributed by atoms with Gasteiger partial charge in [-0.2, -0.15) is 0 Å². The molecule has 0 spiro atoms. The molecule has 1 fully saturated rings. The van der Waals surface area contributed by atoms with Crippen LogP contribution in [0, 0.1) is 11.6 Å². The summed E-state index contributed by atoms with van der Waals surface area (Å²) in [4.78, 5) is 33.5. The lowest BCUT2D eigenvalue weighted by Gasteiger charge is -2.35. The fourth-order valence-corrected chi connectivity index (χ4v) is 3.81. The van der Waals surface area contributed by atoms with Crippen molar-refractivity contribution in [3.8, 4) is 0 Å². The van der Waals surface area contributed by atoms with Gasteiger partial charge in [0, 0.05) is 32.7 Å². The molecular formula is C22H22F2N4O2. The minimum atomic E-state index is -0.874. The maximum absolute atomic E-state index is 14.0. The molecule has 0 N–H and O–H groups in total. The van der Waals surface area contributed by atoms with Crippen LogP contribution in [0.15, 0.2) is 47.3 Å². The number of hydrogen-bond donors (Lipinski definition) is 0. The Balaban J connectivity index is 1.59. The van der Waals surface area contributed by atoms with E-state index < -0.39 is 23.1 Å². The van der Waals surface area contributed by atoms with E-state index in [1.807, 2.05) is 36.1 Å². The molecule has 156 valence electrons. The minimum absolute atomic E-state index is 0.171. The molecule has 0 aliphatic carbocycles. The summed E-state index contributed by atoms with van der Waals surface area (Å²) in [5, 5.41) is 0. The Kier molecular flexibility index (Phi) is 5.48. The van der Waals surface area contributed by atoms with Crippen LogP contribution >= 0.6 is 0 Å². The lowest BCUT2D eigenvalue weighted by molar-refractivity contribution is 0.0736. The number of fused-ring (bicyclic) bond motifs is 1. The summed E-state index contributed by atoms with van der Waals surface area (Å²) in [6.07, 6.45) is 0.809. The van der Waals surface area contributed by atoms with Gasteiger partial charge in [-0.25, -0.2) is 13.8 Å². The van der Waals surface area contributed by atoms with Crippen molar-refractivity contribution in [2.75, 3.05) is 31.1 Å². The second kappa shape index (κ2) is 8.22. The first-order chi connectivity index (χ1) is 14.5. The average Bonchev–Trinajstić information content (AvgIpc) is 2.75. The Morgan fingerprint density at radius 1 is 1.00 bits per heavy atom. The first kappa shape index (κ1) is 20.0. The number of carbonyl (C=O) groups excluding carboxylic acids is 1. The van der Waals surface area contributed by atoms with Crippen LogP contribution in [0.3, 0.4) is 0 Å². The maximum atomic E-state index is 14.0. The molecule has 0 saturated carbocycles. The number of benzene rings is 2. The number of hydrogen-bond acceptors (Lipinski definition) is 4. The van der Waals surface area contributed by atoms with Gasteiger partial charge in [-0.1, -0.05) is 25.1 Å². The Morgan fingerprint density at radius 3 is 2.33 bits per heavy atom. The molecule has 4 rings (SSSR count). The van der Waals surface area contributed by atoms with Crippen LogP contribution in [0.25, 0.3) is 11.0 Å². The van der Waals surface area contributed by atoms with E-state index in [9.17, 15) is 18.4 Å². The molecule has 1 aliphatic rings. The topological polar surface area (TPSA) is 58.4 Å². The summed E-state index contributed by atoms with van der Waals surface area (Å²) < 4.78 is 29.7. The van der Waals surface area contributed by atoms with Crippen LogP contribution in [0.2, 0.25) is 0 Å². The van der Waals surface area contributed by atoms with E-state index in [1.54, 1.807) is 4.57 Å². The van der Waals surface area contributed by atoms with E-state index in [0.29, 0.717) is 25.5 Å². The predicted molar refractivity (Wildman–Crippen MR) is 111 cm³/mol. The van der Waals surface area contributed by atoms with Gasteiger partial charge in [-0.3, -0.25) is 9.59 Å². The van der Waals surface area contributed by atoms with Crippen molar-refractivity contribution >= 4 is 22.8 Å². The first-order valence-corrected chi connectivity index (χ1v) is 9.99. The van der Waals surface area contributed by atoms with Gasteiger partial charge in [-0.05, 0) is 30.7 Å². The molecule has 3 aromatic rings. The zero-order chi connectivity index (χ0) is 21.3. The summed E-state index contributed by atoms with van der Waals surface area (Å²) in [5.74, 6) is -2.09. The Labute approximate surface area is 172 Å². The molecule has 0 radical (unpaired) electrons. The van der Waals surface area contributed by atoms with Crippen LogP contribution in [0.1, 0.15) is 23.7 Å². The molecule has 1 aromatic heterocycles. The number of piperazine rings is 1. The molecule has 2 heterocycles. The van der Waals surface area contributed by atoms with Crippen molar-refractivity contribution < 1.29 is 13.6 Å². The van der Waals surface area contributed by atoms with E-state index >= 15 is 0 Å². The standard InChI is InChI=1S/C22H22F2N4O2/c1-2-10-28-18-9-4-3-8-17(18)25-20(22(28)30)26-11-13-27(14-12-26)21(29)19-15(23)6-5-7-16(19)24/h3-9H,2,10-14H2,1H3.